The second kappa shape index (κ2) is 7.65. The number of non-ortho nitro benzene ring substituents is 1. The first-order valence-electron chi connectivity index (χ1n) is 8.58. The van der Waals surface area contributed by atoms with Gasteiger partial charge in [0.25, 0.3) is 11.6 Å². The first-order chi connectivity index (χ1) is 14.0. The van der Waals surface area contributed by atoms with E-state index in [1.807, 2.05) is 36.4 Å². The van der Waals surface area contributed by atoms with E-state index in [-0.39, 0.29) is 11.6 Å². The zero-order chi connectivity index (χ0) is 20.5. The van der Waals surface area contributed by atoms with Crippen molar-refractivity contribution in [3.05, 3.63) is 81.2 Å². The molecule has 0 atom stereocenters. The SMILES string of the molecule is COc1ccc2ccccc2c1C=C1SC(=S)N(c2ccc([N+](=O)[O-])cc2)C1=O. The van der Waals surface area contributed by atoms with Crippen molar-refractivity contribution < 1.29 is 14.5 Å². The molecule has 1 amide bonds. The lowest BCUT2D eigenvalue weighted by Gasteiger charge is -2.14. The number of nitro benzene ring substituents is 1. The van der Waals surface area contributed by atoms with Gasteiger partial charge >= 0.3 is 0 Å². The number of anilines is 1. The van der Waals surface area contributed by atoms with E-state index in [0.29, 0.717) is 20.7 Å². The van der Waals surface area contributed by atoms with Crippen LogP contribution < -0.4 is 9.64 Å². The van der Waals surface area contributed by atoms with Crippen LogP contribution in [0, 0.1) is 10.1 Å². The van der Waals surface area contributed by atoms with Gasteiger partial charge in [-0.05, 0) is 35.0 Å². The zero-order valence-corrected chi connectivity index (χ0v) is 16.8. The molecule has 0 spiro atoms. The standard InChI is InChI=1S/C21H14N2O4S2/c1-27-18-11-6-13-4-2-3-5-16(13)17(18)12-19-20(24)22(21(28)29-19)14-7-9-15(10-8-14)23(25)26/h2-12H,1H3. The van der Waals surface area contributed by atoms with Crippen molar-refractivity contribution in [2.45, 2.75) is 0 Å². The Morgan fingerprint density at radius 3 is 2.52 bits per heavy atom. The molecule has 1 aliphatic rings. The van der Waals surface area contributed by atoms with Crippen molar-refractivity contribution in [2.24, 2.45) is 0 Å². The highest BCUT2D eigenvalue weighted by atomic mass is 32.2. The summed E-state index contributed by atoms with van der Waals surface area (Å²) >= 11 is 6.59. The fraction of sp³-hybridized carbons (Fsp3) is 0.0476. The molecule has 0 unspecified atom stereocenters. The third-order valence-corrected chi connectivity index (χ3v) is 5.84. The van der Waals surface area contributed by atoms with Crippen LogP contribution in [0.1, 0.15) is 5.56 Å². The van der Waals surface area contributed by atoms with Gasteiger partial charge in [0.15, 0.2) is 4.32 Å². The van der Waals surface area contributed by atoms with Crippen molar-refractivity contribution >= 4 is 62.4 Å². The molecule has 1 saturated heterocycles. The van der Waals surface area contributed by atoms with Crippen LogP contribution in [0.25, 0.3) is 16.8 Å². The second-order valence-corrected chi connectivity index (χ2v) is 7.87. The summed E-state index contributed by atoms with van der Waals surface area (Å²) < 4.78 is 5.87. The topological polar surface area (TPSA) is 72.7 Å². The highest BCUT2D eigenvalue weighted by molar-refractivity contribution is 8.27. The van der Waals surface area contributed by atoms with Gasteiger partial charge < -0.3 is 4.74 Å². The van der Waals surface area contributed by atoms with Gasteiger partial charge in [-0.15, -0.1) is 0 Å². The van der Waals surface area contributed by atoms with E-state index < -0.39 is 4.92 Å². The zero-order valence-electron chi connectivity index (χ0n) is 15.2. The molecule has 8 heteroatoms. The molecule has 1 fully saturated rings. The van der Waals surface area contributed by atoms with Crippen LogP contribution in [0.15, 0.2) is 65.6 Å². The first-order valence-corrected chi connectivity index (χ1v) is 9.80. The van der Waals surface area contributed by atoms with E-state index in [2.05, 4.69) is 0 Å². The van der Waals surface area contributed by atoms with E-state index in [1.54, 1.807) is 13.2 Å². The molecule has 1 aliphatic heterocycles. The molecule has 4 rings (SSSR count). The normalized spacial score (nSPS) is 15.3. The lowest BCUT2D eigenvalue weighted by Crippen LogP contribution is -2.27. The van der Waals surface area contributed by atoms with Gasteiger partial charge in [-0.25, -0.2) is 0 Å². The number of carbonyl (C=O) groups is 1. The number of fused-ring (bicyclic) bond motifs is 1. The number of benzene rings is 3. The van der Waals surface area contributed by atoms with Crippen LogP contribution >= 0.6 is 24.0 Å². The summed E-state index contributed by atoms with van der Waals surface area (Å²) in [4.78, 5) is 25.3. The van der Waals surface area contributed by atoms with Gasteiger partial charge in [0.2, 0.25) is 0 Å². The summed E-state index contributed by atoms with van der Waals surface area (Å²) in [6, 6.07) is 17.4. The van der Waals surface area contributed by atoms with Crippen molar-refractivity contribution in [2.75, 3.05) is 12.0 Å². The van der Waals surface area contributed by atoms with Gasteiger partial charge in [-0.2, -0.15) is 0 Å². The Morgan fingerprint density at radius 2 is 1.83 bits per heavy atom. The summed E-state index contributed by atoms with van der Waals surface area (Å²) in [5.74, 6) is 0.383. The maximum Gasteiger partial charge on any atom is 0.270 e. The molecule has 6 nitrogen and oxygen atoms in total. The maximum atomic E-state index is 13.0. The molecule has 3 aromatic rings. The fourth-order valence-electron chi connectivity index (χ4n) is 3.15. The van der Waals surface area contributed by atoms with Crippen LogP contribution in [-0.4, -0.2) is 22.3 Å². The molecule has 3 aromatic carbocycles. The summed E-state index contributed by atoms with van der Waals surface area (Å²) in [5.41, 5.74) is 1.25. The molecule has 0 radical (unpaired) electrons. The van der Waals surface area contributed by atoms with Crippen LogP contribution in [0.4, 0.5) is 11.4 Å². The smallest absolute Gasteiger partial charge is 0.270 e. The Morgan fingerprint density at radius 1 is 1.10 bits per heavy atom. The van der Waals surface area contributed by atoms with Crippen molar-refractivity contribution in [3.63, 3.8) is 0 Å². The lowest BCUT2D eigenvalue weighted by molar-refractivity contribution is -0.384. The van der Waals surface area contributed by atoms with E-state index in [4.69, 9.17) is 17.0 Å². The molecule has 0 bridgehead atoms. The number of hydrogen-bond donors (Lipinski definition) is 0. The van der Waals surface area contributed by atoms with Crippen molar-refractivity contribution in [3.8, 4) is 5.75 Å². The minimum Gasteiger partial charge on any atom is -0.496 e. The minimum atomic E-state index is -0.485. The Bertz CT molecular complexity index is 1190. The third kappa shape index (κ3) is 3.48. The molecule has 29 heavy (non-hydrogen) atoms. The monoisotopic (exact) mass is 422 g/mol. The molecular weight excluding hydrogens is 408 g/mol. The average molecular weight is 422 g/mol. The Balaban J connectivity index is 1.75. The molecular formula is C21H14N2O4S2. The number of carbonyl (C=O) groups excluding carboxylic acids is 1. The quantitative estimate of drug-likeness (QED) is 0.250. The Hall–Kier alpha value is -3.23. The first kappa shape index (κ1) is 19.1. The van der Waals surface area contributed by atoms with E-state index >= 15 is 0 Å². The molecule has 0 N–H and O–H groups in total. The minimum absolute atomic E-state index is 0.0461. The number of nitrogens with zero attached hydrogens (tertiary/aromatic N) is 2. The maximum absolute atomic E-state index is 13.0. The van der Waals surface area contributed by atoms with Gasteiger partial charge in [0, 0.05) is 17.7 Å². The van der Waals surface area contributed by atoms with Crippen LogP contribution in [-0.2, 0) is 4.79 Å². The number of nitro groups is 1. The summed E-state index contributed by atoms with van der Waals surface area (Å²) in [7, 11) is 1.59. The van der Waals surface area contributed by atoms with E-state index in [0.717, 1.165) is 16.3 Å². The summed E-state index contributed by atoms with van der Waals surface area (Å²) in [5, 5.41) is 12.9. The predicted molar refractivity (Wildman–Crippen MR) is 119 cm³/mol. The Kier molecular flexibility index (Phi) is 5.04. The molecule has 144 valence electrons. The Labute approximate surface area is 175 Å². The van der Waals surface area contributed by atoms with Gasteiger partial charge in [0.1, 0.15) is 5.75 Å². The van der Waals surface area contributed by atoms with Crippen LogP contribution in [0.5, 0.6) is 5.75 Å². The molecule has 0 saturated carbocycles. The summed E-state index contributed by atoms with van der Waals surface area (Å²) in [6.07, 6.45) is 1.78. The number of ether oxygens (including phenoxy) is 1. The van der Waals surface area contributed by atoms with E-state index in [1.165, 1.54) is 40.9 Å². The van der Waals surface area contributed by atoms with Crippen molar-refractivity contribution in [1.29, 1.82) is 0 Å². The molecule has 0 aromatic heterocycles. The fourth-order valence-corrected chi connectivity index (χ4v) is 4.43. The van der Waals surface area contributed by atoms with Crippen molar-refractivity contribution in [1.82, 2.24) is 0 Å². The third-order valence-electron chi connectivity index (χ3n) is 4.54. The summed E-state index contributed by atoms with van der Waals surface area (Å²) in [6.45, 7) is 0. The number of amides is 1. The largest absolute Gasteiger partial charge is 0.496 e. The highest BCUT2D eigenvalue weighted by Gasteiger charge is 2.33. The number of hydrogen-bond acceptors (Lipinski definition) is 6. The number of thiocarbonyl (C=S) groups is 1. The number of methoxy groups -OCH3 is 1. The second-order valence-electron chi connectivity index (χ2n) is 6.19. The van der Waals surface area contributed by atoms with Crippen LogP contribution in [0.2, 0.25) is 0 Å². The van der Waals surface area contributed by atoms with Gasteiger partial charge in [-0.1, -0.05) is 54.3 Å². The van der Waals surface area contributed by atoms with Gasteiger partial charge in [-0.3, -0.25) is 19.8 Å². The predicted octanol–water partition coefficient (Wildman–Crippen LogP) is 5.16. The highest BCUT2D eigenvalue weighted by Crippen LogP contribution is 2.39. The molecule has 1 heterocycles. The van der Waals surface area contributed by atoms with Crippen LogP contribution in [0.3, 0.4) is 0 Å². The van der Waals surface area contributed by atoms with E-state index in [9.17, 15) is 14.9 Å². The molecule has 0 aliphatic carbocycles. The lowest BCUT2D eigenvalue weighted by atomic mass is 10.0. The number of thioether (sulfide) groups is 1. The average Bonchev–Trinajstić information content (AvgIpc) is 3.01. The van der Waals surface area contributed by atoms with Gasteiger partial charge in [0.05, 0.1) is 22.6 Å². The number of rotatable bonds is 4.